The summed E-state index contributed by atoms with van der Waals surface area (Å²) in [6, 6.07) is 19.4. The Labute approximate surface area is 169 Å². The summed E-state index contributed by atoms with van der Waals surface area (Å²) < 4.78 is 38.3. The molecule has 0 aliphatic heterocycles. The first-order valence-electron chi connectivity index (χ1n) is 8.97. The first-order chi connectivity index (χ1) is 13.9. The Morgan fingerprint density at radius 3 is 2.07 bits per heavy atom. The van der Waals surface area contributed by atoms with E-state index >= 15 is 0 Å². The molecule has 0 amide bonds. The zero-order valence-corrected chi connectivity index (χ0v) is 17.1. The summed E-state index contributed by atoms with van der Waals surface area (Å²) in [5.74, 6) is 1.27. The number of ether oxygens (including phenoxy) is 2. The number of aromatic nitrogens is 2. The minimum absolute atomic E-state index is 0.177. The summed E-state index contributed by atoms with van der Waals surface area (Å²) in [7, 11) is -0.743. The van der Waals surface area contributed by atoms with Gasteiger partial charge in [-0.2, -0.15) is 17.6 Å². The van der Waals surface area contributed by atoms with Crippen molar-refractivity contribution >= 4 is 20.9 Å². The lowest BCUT2D eigenvalue weighted by molar-refractivity contribution is 0.415. The smallest absolute Gasteiger partial charge is 0.283 e. The Morgan fingerprint density at radius 1 is 0.828 bits per heavy atom. The average molecular weight is 408 g/mol. The summed E-state index contributed by atoms with van der Waals surface area (Å²) >= 11 is 0. The van der Waals surface area contributed by atoms with Gasteiger partial charge in [-0.25, -0.2) is 0 Å². The van der Waals surface area contributed by atoms with E-state index in [1.165, 1.54) is 0 Å². The maximum absolute atomic E-state index is 13.3. The van der Waals surface area contributed by atoms with Crippen LogP contribution in [0.1, 0.15) is 5.56 Å². The van der Waals surface area contributed by atoms with Crippen molar-refractivity contribution in [2.45, 2.75) is 11.8 Å². The van der Waals surface area contributed by atoms with Crippen LogP contribution in [0.15, 0.2) is 71.6 Å². The van der Waals surface area contributed by atoms with Crippen molar-refractivity contribution in [3.05, 3.63) is 72.3 Å². The topological polar surface area (TPSA) is 70.4 Å². The first kappa shape index (κ1) is 19.0. The molecule has 4 rings (SSSR count). The number of methoxy groups -OCH3 is 2. The minimum atomic E-state index is -3.88. The highest BCUT2D eigenvalue weighted by Crippen LogP contribution is 2.33. The maximum atomic E-state index is 13.3. The van der Waals surface area contributed by atoms with Gasteiger partial charge in [-0.3, -0.25) is 0 Å². The van der Waals surface area contributed by atoms with Crippen LogP contribution in [-0.2, 0) is 10.0 Å². The molecular formula is C22H20N2O4S. The van der Waals surface area contributed by atoms with E-state index in [1.807, 2.05) is 37.3 Å². The molecule has 3 aromatic carbocycles. The SMILES string of the molecule is COc1ccc(-c2nn(S(=O)(=O)c3ccc(C)cc3)c3cc(OC)ccc23)cc1. The van der Waals surface area contributed by atoms with Gasteiger partial charge in [-0.15, -0.1) is 0 Å². The molecule has 7 heteroatoms. The van der Waals surface area contributed by atoms with E-state index in [0.717, 1.165) is 15.2 Å². The van der Waals surface area contributed by atoms with Crippen LogP contribution in [0.4, 0.5) is 0 Å². The second kappa shape index (κ2) is 7.25. The number of hydrogen-bond acceptors (Lipinski definition) is 5. The number of nitrogens with zero attached hydrogens (tertiary/aromatic N) is 2. The van der Waals surface area contributed by atoms with Gasteiger partial charge in [0.15, 0.2) is 0 Å². The van der Waals surface area contributed by atoms with Crippen LogP contribution in [0.2, 0.25) is 0 Å². The minimum Gasteiger partial charge on any atom is -0.497 e. The summed E-state index contributed by atoms with van der Waals surface area (Å²) in [6.07, 6.45) is 0. The number of rotatable bonds is 5. The number of benzene rings is 3. The molecule has 148 valence electrons. The molecular weight excluding hydrogens is 388 g/mol. The van der Waals surface area contributed by atoms with Gasteiger partial charge < -0.3 is 9.47 Å². The molecule has 1 aromatic heterocycles. The third-order valence-electron chi connectivity index (χ3n) is 4.77. The molecule has 0 saturated carbocycles. The fraction of sp³-hybridized carbons (Fsp3) is 0.136. The van der Waals surface area contributed by atoms with Gasteiger partial charge >= 0.3 is 0 Å². The summed E-state index contributed by atoms with van der Waals surface area (Å²) in [5.41, 5.74) is 2.80. The third kappa shape index (κ3) is 3.34. The first-order valence-corrected chi connectivity index (χ1v) is 10.4. The number of aryl methyl sites for hydroxylation is 1. The van der Waals surface area contributed by atoms with E-state index in [0.29, 0.717) is 28.1 Å². The molecule has 0 radical (unpaired) electrons. The predicted molar refractivity (Wildman–Crippen MR) is 112 cm³/mol. The van der Waals surface area contributed by atoms with E-state index in [2.05, 4.69) is 5.10 Å². The van der Waals surface area contributed by atoms with Crippen molar-refractivity contribution in [3.8, 4) is 22.8 Å². The fourth-order valence-electron chi connectivity index (χ4n) is 3.15. The maximum Gasteiger partial charge on any atom is 0.283 e. The van der Waals surface area contributed by atoms with Crippen LogP contribution in [-0.4, -0.2) is 31.8 Å². The van der Waals surface area contributed by atoms with Crippen molar-refractivity contribution in [2.24, 2.45) is 0 Å². The van der Waals surface area contributed by atoms with Crippen LogP contribution < -0.4 is 9.47 Å². The standard InChI is InChI=1S/C22H20N2O4S/c1-15-4-11-19(12-5-15)29(25,26)24-21-14-18(28-3)10-13-20(21)22(23-24)16-6-8-17(27-2)9-7-16/h4-14H,1-3H3. The normalized spacial score (nSPS) is 11.6. The van der Waals surface area contributed by atoms with Gasteiger partial charge in [0.1, 0.15) is 17.2 Å². The van der Waals surface area contributed by atoms with Gasteiger partial charge in [0.2, 0.25) is 0 Å². The van der Waals surface area contributed by atoms with E-state index in [-0.39, 0.29) is 4.90 Å². The predicted octanol–water partition coefficient (Wildman–Crippen LogP) is 4.27. The lowest BCUT2D eigenvalue weighted by Gasteiger charge is -2.07. The van der Waals surface area contributed by atoms with Crippen molar-refractivity contribution in [3.63, 3.8) is 0 Å². The van der Waals surface area contributed by atoms with Crippen LogP contribution in [0.5, 0.6) is 11.5 Å². The highest BCUT2D eigenvalue weighted by molar-refractivity contribution is 7.90. The number of fused-ring (bicyclic) bond motifs is 1. The van der Waals surface area contributed by atoms with Gasteiger partial charge in [-0.1, -0.05) is 17.7 Å². The van der Waals surface area contributed by atoms with Crippen molar-refractivity contribution in [1.82, 2.24) is 9.19 Å². The van der Waals surface area contributed by atoms with Crippen LogP contribution in [0.3, 0.4) is 0 Å². The highest BCUT2D eigenvalue weighted by Gasteiger charge is 2.24. The fourth-order valence-corrected chi connectivity index (χ4v) is 4.43. The van der Waals surface area contributed by atoms with E-state index < -0.39 is 10.0 Å². The van der Waals surface area contributed by atoms with Crippen molar-refractivity contribution < 1.29 is 17.9 Å². The molecule has 29 heavy (non-hydrogen) atoms. The lowest BCUT2D eigenvalue weighted by atomic mass is 10.1. The zero-order valence-electron chi connectivity index (χ0n) is 16.3. The quantitative estimate of drug-likeness (QED) is 0.493. The highest BCUT2D eigenvalue weighted by atomic mass is 32.2. The van der Waals surface area contributed by atoms with E-state index in [4.69, 9.17) is 9.47 Å². The molecule has 4 aromatic rings. The molecule has 0 aliphatic rings. The Bertz CT molecular complexity index is 1280. The summed E-state index contributed by atoms with van der Waals surface area (Å²) in [4.78, 5) is 0.177. The van der Waals surface area contributed by atoms with Gasteiger partial charge in [-0.05, 0) is 55.5 Å². The molecule has 0 saturated heterocycles. The van der Waals surface area contributed by atoms with E-state index in [9.17, 15) is 8.42 Å². The van der Waals surface area contributed by atoms with E-state index in [1.54, 1.807) is 50.6 Å². The molecule has 0 fully saturated rings. The molecule has 0 bridgehead atoms. The monoisotopic (exact) mass is 408 g/mol. The molecule has 0 N–H and O–H groups in total. The average Bonchev–Trinajstić information content (AvgIpc) is 3.13. The van der Waals surface area contributed by atoms with Crippen molar-refractivity contribution in [2.75, 3.05) is 14.2 Å². The summed E-state index contributed by atoms with van der Waals surface area (Å²) in [5, 5.41) is 5.21. The van der Waals surface area contributed by atoms with Crippen molar-refractivity contribution in [1.29, 1.82) is 0 Å². The second-order valence-corrected chi connectivity index (χ2v) is 8.39. The zero-order chi connectivity index (χ0) is 20.6. The molecule has 0 atom stereocenters. The van der Waals surface area contributed by atoms with Gasteiger partial charge in [0.05, 0.1) is 24.6 Å². The molecule has 0 unspecified atom stereocenters. The second-order valence-electron chi connectivity index (χ2n) is 6.62. The Morgan fingerprint density at radius 2 is 1.45 bits per heavy atom. The Balaban J connectivity index is 1.96. The third-order valence-corrected chi connectivity index (χ3v) is 6.37. The van der Waals surface area contributed by atoms with Gasteiger partial charge in [0.25, 0.3) is 10.0 Å². The van der Waals surface area contributed by atoms with Crippen LogP contribution in [0.25, 0.3) is 22.2 Å². The molecule has 0 spiro atoms. The largest absolute Gasteiger partial charge is 0.497 e. The van der Waals surface area contributed by atoms with Gasteiger partial charge in [0, 0.05) is 17.0 Å². The van der Waals surface area contributed by atoms with Crippen LogP contribution >= 0.6 is 0 Å². The lowest BCUT2D eigenvalue weighted by Crippen LogP contribution is -2.14. The molecule has 0 aliphatic carbocycles. The Kier molecular flexibility index (Phi) is 4.76. The molecule has 1 heterocycles. The Hall–Kier alpha value is -3.32. The molecule has 6 nitrogen and oxygen atoms in total. The van der Waals surface area contributed by atoms with Crippen LogP contribution in [0, 0.1) is 6.92 Å². The number of hydrogen-bond donors (Lipinski definition) is 0. The summed E-state index contributed by atoms with van der Waals surface area (Å²) in [6.45, 7) is 1.91.